The minimum Gasteiger partial charge on any atom is -0.394 e. The van der Waals surface area contributed by atoms with Crippen LogP contribution in [0, 0.1) is 5.82 Å². The fourth-order valence-electron chi connectivity index (χ4n) is 3.79. The van der Waals surface area contributed by atoms with E-state index >= 15 is 0 Å². The van der Waals surface area contributed by atoms with Crippen LogP contribution < -0.4 is 5.32 Å². The average molecular weight is 549 g/mol. The number of benzene rings is 1. The van der Waals surface area contributed by atoms with E-state index in [0.717, 1.165) is 4.68 Å². The Balaban J connectivity index is 1.67. The van der Waals surface area contributed by atoms with Crippen LogP contribution in [0.15, 0.2) is 35.4 Å². The summed E-state index contributed by atoms with van der Waals surface area (Å²) in [5.74, 6) is -1.49. The standard InChI is InChI=1S/C19H19ClF6N4O4S/c1-8(10-3-2-9(4-12(10)21)35(22,23,24,25)26)28-13-5-15(20)29-18-11(13)6-27-30(18)19-17(33)16(32)14(7-31)34-19/h2-6,8,14,16-17,19,31-33H,7H2,1H3,(H,28,29)/t8-,14+,16+,17+,19+/m0/s1. The summed E-state index contributed by atoms with van der Waals surface area (Å²) in [7, 11) is -10.0. The molecule has 4 N–H and O–H groups in total. The molecule has 1 aromatic carbocycles. The molecular formula is C19H19ClF6N4O4S. The molecule has 0 spiro atoms. The first-order valence-electron chi connectivity index (χ1n) is 9.96. The second-order valence-electron chi connectivity index (χ2n) is 8.07. The second-order valence-corrected chi connectivity index (χ2v) is 10.9. The lowest BCUT2D eigenvalue weighted by atomic mass is 10.1. The van der Waals surface area contributed by atoms with Crippen molar-refractivity contribution in [2.45, 2.75) is 42.4 Å². The van der Waals surface area contributed by atoms with Gasteiger partial charge in [-0.3, -0.25) is 0 Å². The molecule has 8 nitrogen and oxygen atoms in total. The zero-order valence-corrected chi connectivity index (χ0v) is 19.2. The van der Waals surface area contributed by atoms with Gasteiger partial charge in [-0.05, 0) is 25.1 Å². The van der Waals surface area contributed by atoms with E-state index in [9.17, 15) is 39.1 Å². The molecule has 2 aromatic heterocycles. The van der Waals surface area contributed by atoms with Gasteiger partial charge in [-0.1, -0.05) is 37.1 Å². The van der Waals surface area contributed by atoms with Crippen LogP contribution in [0.4, 0.5) is 29.5 Å². The van der Waals surface area contributed by atoms with Crippen LogP contribution in [0.1, 0.15) is 24.8 Å². The highest BCUT2D eigenvalue weighted by Gasteiger charge is 2.65. The second kappa shape index (κ2) is 7.85. The Kier molecular flexibility index (Phi) is 5.78. The molecule has 0 amide bonds. The molecule has 1 aliphatic heterocycles. The molecule has 3 aromatic rings. The quantitative estimate of drug-likeness (QED) is 0.262. The van der Waals surface area contributed by atoms with Crippen molar-refractivity contribution in [2.24, 2.45) is 0 Å². The third-order valence-electron chi connectivity index (χ3n) is 5.55. The average Bonchev–Trinajstić information content (AvgIpc) is 3.27. The number of aliphatic hydroxyl groups excluding tert-OH is 3. The van der Waals surface area contributed by atoms with Crippen LogP contribution in [-0.4, -0.2) is 55.0 Å². The van der Waals surface area contributed by atoms with Crippen molar-refractivity contribution in [3.05, 3.63) is 47.0 Å². The molecule has 0 aliphatic carbocycles. The van der Waals surface area contributed by atoms with Crippen molar-refractivity contribution in [1.82, 2.24) is 14.8 Å². The number of halogens is 7. The number of hydrogen-bond donors (Lipinski definition) is 4. The molecule has 1 saturated heterocycles. The molecule has 35 heavy (non-hydrogen) atoms. The number of rotatable bonds is 6. The molecule has 0 saturated carbocycles. The highest BCUT2D eigenvalue weighted by molar-refractivity contribution is 8.45. The normalized spacial score (nSPS) is 25.9. The van der Waals surface area contributed by atoms with Gasteiger partial charge in [0, 0.05) is 5.56 Å². The smallest absolute Gasteiger partial charge is 0.310 e. The van der Waals surface area contributed by atoms with Crippen LogP contribution in [0.2, 0.25) is 5.15 Å². The van der Waals surface area contributed by atoms with E-state index in [1.54, 1.807) is 0 Å². The first-order chi connectivity index (χ1) is 16.0. The summed E-state index contributed by atoms with van der Waals surface area (Å²) < 4.78 is 85.9. The number of aliphatic hydroxyl groups is 3. The Morgan fingerprint density at radius 2 is 1.86 bits per heavy atom. The van der Waals surface area contributed by atoms with Gasteiger partial charge in [0.15, 0.2) is 11.9 Å². The molecule has 3 heterocycles. The van der Waals surface area contributed by atoms with Crippen molar-refractivity contribution < 1.29 is 43.9 Å². The van der Waals surface area contributed by atoms with Crippen molar-refractivity contribution in [2.75, 3.05) is 11.9 Å². The fourth-order valence-corrected chi connectivity index (χ4v) is 4.63. The van der Waals surface area contributed by atoms with Crippen LogP contribution >= 0.6 is 21.8 Å². The van der Waals surface area contributed by atoms with Gasteiger partial charge in [0.25, 0.3) is 0 Å². The van der Waals surface area contributed by atoms with E-state index in [1.165, 1.54) is 19.2 Å². The summed E-state index contributed by atoms with van der Waals surface area (Å²) in [6, 6.07) is 0.797. The lowest BCUT2D eigenvalue weighted by Crippen LogP contribution is -2.33. The summed E-state index contributed by atoms with van der Waals surface area (Å²) in [5.41, 5.74) is -0.0482. The maximum absolute atomic E-state index is 14.4. The third-order valence-corrected chi connectivity index (χ3v) is 6.89. The molecular weight excluding hydrogens is 530 g/mol. The number of anilines is 1. The number of pyridine rings is 1. The predicted octanol–water partition coefficient (Wildman–Crippen LogP) is 4.67. The Bertz CT molecular complexity index is 1300. The molecule has 0 unspecified atom stereocenters. The third kappa shape index (κ3) is 4.88. The predicted molar refractivity (Wildman–Crippen MR) is 115 cm³/mol. The van der Waals surface area contributed by atoms with Crippen LogP contribution in [0.25, 0.3) is 11.0 Å². The first-order valence-corrected chi connectivity index (χ1v) is 12.3. The van der Waals surface area contributed by atoms with Crippen LogP contribution in [-0.2, 0) is 4.74 Å². The topological polar surface area (TPSA) is 113 Å². The number of nitrogens with zero attached hydrogens (tertiary/aromatic N) is 3. The summed E-state index contributed by atoms with van der Waals surface area (Å²) in [5, 5.41) is 36.7. The molecule has 16 heteroatoms. The Hall–Kier alpha value is -2.30. The molecule has 5 atom stereocenters. The van der Waals surface area contributed by atoms with Crippen LogP contribution in [0.5, 0.6) is 0 Å². The van der Waals surface area contributed by atoms with E-state index in [2.05, 4.69) is 15.4 Å². The number of hydrogen-bond acceptors (Lipinski definition) is 7. The first kappa shape index (κ1) is 25.8. The Morgan fingerprint density at radius 1 is 1.17 bits per heavy atom. The summed E-state index contributed by atoms with van der Waals surface area (Å²) in [6.45, 7) is 0.813. The lowest BCUT2D eigenvalue weighted by molar-refractivity contribution is -0.0566. The molecule has 0 radical (unpaired) electrons. The van der Waals surface area contributed by atoms with Gasteiger partial charge < -0.3 is 25.4 Å². The monoisotopic (exact) mass is 548 g/mol. The Labute approximate surface area is 198 Å². The number of fused-ring (bicyclic) bond motifs is 1. The molecule has 1 fully saturated rings. The summed E-state index contributed by atoms with van der Waals surface area (Å²) in [4.78, 5) is 1.77. The maximum atomic E-state index is 14.4. The Morgan fingerprint density at radius 3 is 2.43 bits per heavy atom. The number of ether oxygens (including phenoxy) is 1. The highest BCUT2D eigenvalue weighted by atomic mass is 35.5. The molecule has 4 rings (SSSR count). The maximum Gasteiger partial charge on any atom is 0.310 e. The van der Waals surface area contributed by atoms with Gasteiger partial charge in [-0.2, -0.15) is 5.10 Å². The van der Waals surface area contributed by atoms with Crippen molar-refractivity contribution in [3.63, 3.8) is 0 Å². The molecule has 0 bridgehead atoms. The van der Waals surface area contributed by atoms with E-state index < -0.39 is 58.1 Å². The van der Waals surface area contributed by atoms with E-state index in [1.807, 2.05) is 0 Å². The van der Waals surface area contributed by atoms with E-state index in [4.69, 9.17) is 16.3 Å². The zero-order chi connectivity index (χ0) is 26.0. The van der Waals surface area contributed by atoms with Crippen molar-refractivity contribution in [1.29, 1.82) is 0 Å². The van der Waals surface area contributed by atoms with Gasteiger partial charge in [-0.15, -0.1) is 0 Å². The highest BCUT2D eigenvalue weighted by Crippen LogP contribution is 3.02. The van der Waals surface area contributed by atoms with Gasteiger partial charge >= 0.3 is 10.2 Å². The summed E-state index contributed by atoms with van der Waals surface area (Å²) >= 11 is 6.08. The minimum absolute atomic E-state index is 0.0683. The largest absolute Gasteiger partial charge is 0.394 e. The van der Waals surface area contributed by atoms with Crippen molar-refractivity contribution >= 4 is 38.5 Å². The van der Waals surface area contributed by atoms with E-state index in [0.29, 0.717) is 6.07 Å². The number of aromatic nitrogens is 3. The number of nitrogens with one attached hydrogen (secondary N) is 1. The van der Waals surface area contributed by atoms with Crippen molar-refractivity contribution in [3.8, 4) is 0 Å². The SMILES string of the molecule is C[C@H](Nc1cc(Cl)nc2c1cnn2[C@@H]1O[C@H](CO)[C@@H](O)[C@H]1O)c1ccc(S(F)(F)(F)(F)F)cc1F. The van der Waals surface area contributed by atoms with Crippen LogP contribution in [0.3, 0.4) is 0 Å². The van der Waals surface area contributed by atoms with Gasteiger partial charge in [0.1, 0.15) is 34.2 Å². The van der Waals surface area contributed by atoms with Gasteiger partial charge in [-0.25, -0.2) is 14.1 Å². The minimum atomic E-state index is -10.0. The van der Waals surface area contributed by atoms with E-state index in [-0.39, 0.29) is 39.6 Å². The lowest BCUT2D eigenvalue weighted by Gasteiger charge is -2.40. The zero-order valence-electron chi connectivity index (χ0n) is 17.6. The fraction of sp³-hybridized carbons (Fsp3) is 0.368. The van der Waals surface area contributed by atoms with Gasteiger partial charge in [0.05, 0.1) is 29.9 Å². The van der Waals surface area contributed by atoms with Gasteiger partial charge in [0.2, 0.25) is 0 Å². The molecule has 194 valence electrons. The summed E-state index contributed by atoms with van der Waals surface area (Å²) in [6.07, 6.45) is -3.89. The molecule has 1 aliphatic rings.